The first-order valence-corrected chi connectivity index (χ1v) is 5.29. The Hall–Kier alpha value is -1.91. The first kappa shape index (κ1) is 10.6. The van der Waals surface area contributed by atoms with Crippen molar-refractivity contribution in [3.05, 3.63) is 39.9 Å². The van der Waals surface area contributed by atoms with Crippen LogP contribution in [0.1, 0.15) is 18.4 Å². The predicted molar refractivity (Wildman–Crippen MR) is 61.5 cm³/mol. The number of hydrogen-bond acceptors (Lipinski definition) is 4. The molecule has 0 saturated carbocycles. The molecule has 5 nitrogen and oxygen atoms in total. The fourth-order valence-corrected chi connectivity index (χ4v) is 1.65. The van der Waals surface area contributed by atoms with Crippen LogP contribution < -0.4 is 0 Å². The lowest BCUT2D eigenvalue weighted by atomic mass is 10.2. The third-order valence-electron chi connectivity index (χ3n) is 2.56. The second kappa shape index (κ2) is 4.74. The molecule has 1 saturated heterocycles. The Kier molecular flexibility index (Phi) is 3.14. The van der Waals surface area contributed by atoms with Crippen LogP contribution in [0.4, 0.5) is 5.69 Å². The highest BCUT2D eigenvalue weighted by molar-refractivity contribution is 5.79. The molecule has 0 atom stereocenters. The van der Waals surface area contributed by atoms with Crippen LogP contribution in [0.3, 0.4) is 0 Å². The van der Waals surface area contributed by atoms with Crippen LogP contribution in [-0.2, 0) is 0 Å². The molecule has 0 N–H and O–H groups in total. The van der Waals surface area contributed by atoms with Crippen molar-refractivity contribution in [1.29, 1.82) is 0 Å². The molecule has 5 heteroatoms. The lowest BCUT2D eigenvalue weighted by Crippen LogP contribution is -2.11. The fourth-order valence-electron chi connectivity index (χ4n) is 1.65. The van der Waals surface area contributed by atoms with Crippen LogP contribution in [-0.4, -0.2) is 29.2 Å². The number of benzene rings is 1. The molecule has 0 bridgehead atoms. The van der Waals surface area contributed by atoms with Crippen molar-refractivity contribution >= 4 is 11.9 Å². The van der Waals surface area contributed by atoms with Crippen LogP contribution in [0.2, 0.25) is 0 Å². The Morgan fingerprint density at radius 2 is 1.88 bits per heavy atom. The number of nitrogens with zero attached hydrogens (tertiary/aromatic N) is 3. The Bertz CT molecular complexity index is 394. The van der Waals surface area contributed by atoms with E-state index in [0.29, 0.717) is 0 Å². The molecule has 0 unspecified atom stereocenters. The van der Waals surface area contributed by atoms with Gasteiger partial charge in [-0.25, -0.2) is 0 Å². The molecule has 1 aliphatic heterocycles. The van der Waals surface area contributed by atoms with E-state index in [0.717, 1.165) is 18.7 Å². The van der Waals surface area contributed by atoms with E-state index in [-0.39, 0.29) is 5.69 Å². The Balaban J connectivity index is 2.01. The average Bonchev–Trinajstić information content (AvgIpc) is 2.80. The van der Waals surface area contributed by atoms with E-state index in [1.54, 1.807) is 18.3 Å². The molecule has 0 radical (unpaired) electrons. The highest BCUT2D eigenvalue weighted by Crippen LogP contribution is 2.11. The summed E-state index contributed by atoms with van der Waals surface area (Å²) in [5.41, 5.74) is 0.996. The predicted octanol–water partition coefficient (Wildman–Crippen LogP) is 2.02. The standard InChI is InChI=1S/C11H13N3O2/c15-14(16)11-5-3-10(4-6-11)9-12-13-7-1-2-8-13/h3-6,9H,1-2,7-8H2/b12-9+. The van der Waals surface area contributed by atoms with Crippen LogP contribution in [0.5, 0.6) is 0 Å². The number of nitro benzene ring substituents is 1. The number of hydrazone groups is 1. The average molecular weight is 219 g/mol. The van der Waals surface area contributed by atoms with Crippen molar-refractivity contribution in [3.8, 4) is 0 Å². The van der Waals surface area contributed by atoms with Crippen molar-refractivity contribution in [2.24, 2.45) is 5.10 Å². The van der Waals surface area contributed by atoms with Gasteiger partial charge in [0.1, 0.15) is 0 Å². The molecule has 0 aromatic heterocycles. The van der Waals surface area contributed by atoms with E-state index in [4.69, 9.17) is 0 Å². The second-order valence-electron chi connectivity index (χ2n) is 3.75. The maximum Gasteiger partial charge on any atom is 0.269 e. The van der Waals surface area contributed by atoms with Crippen LogP contribution in [0.15, 0.2) is 29.4 Å². The molecule has 16 heavy (non-hydrogen) atoms. The van der Waals surface area contributed by atoms with Crippen molar-refractivity contribution in [2.45, 2.75) is 12.8 Å². The summed E-state index contributed by atoms with van der Waals surface area (Å²) < 4.78 is 0. The fraction of sp³-hybridized carbons (Fsp3) is 0.364. The van der Waals surface area contributed by atoms with Gasteiger partial charge in [0.2, 0.25) is 0 Å². The molecule has 2 rings (SSSR count). The van der Waals surface area contributed by atoms with Gasteiger partial charge in [0.25, 0.3) is 5.69 Å². The topological polar surface area (TPSA) is 58.7 Å². The van der Waals surface area contributed by atoms with Gasteiger partial charge in [0.05, 0.1) is 11.1 Å². The van der Waals surface area contributed by atoms with Gasteiger partial charge in [-0.3, -0.25) is 15.1 Å². The van der Waals surface area contributed by atoms with Crippen molar-refractivity contribution in [1.82, 2.24) is 5.01 Å². The monoisotopic (exact) mass is 219 g/mol. The van der Waals surface area contributed by atoms with Gasteiger partial charge >= 0.3 is 0 Å². The third kappa shape index (κ3) is 2.56. The molecule has 1 aromatic carbocycles. The third-order valence-corrected chi connectivity index (χ3v) is 2.56. The minimum absolute atomic E-state index is 0.110. The van der Waals surface area contributed by atoms with Gasteiger partial charge < -0.3 is 0 Å². The first-order chi connectivity index (χ1) is 7.75. The highest BCUT2D eigenvalue weighted by atomic mass is 16.6. The normalized spacial score (nSPS) is 15.9. The van der Waals surface area contributed by atoms with Crippen LogP contribution in [0, 0.1) is 10.1 Å². The lowest BCUT2D eigenvalue weighted by molar-refractivity contribution is -0.384. The highest BCUT2D eigenvalue weighted by Gasteiger charge is 2.07. The maximum absolute atomic E-state index is 10.4. The van der Waals surface area contributed by atoms with E-state index in [9.17, 15) is 10.1 Å². The Labute approximate surface area is 93.5 Å². The Morgan fingerprint density at radius 3 is 2.44 bits per heavy atom. The lowest BCUT2D eigenvalue weighted by Gasteiger charge is -2.08. The molecule has 0 amide bonds. The summed E-state index contributed by atoms with van der Waals surface area (Å²) in [6, 6.07) is 6.39. The van der Waals surface area contributed by atoms with Gasteiger partial charge in [-0.2, -0.15) is 5.10 Å². The zero-order valence-electron chi connectivity index (χ0n) is 8.87. The molecule has 84 valence electrons. The summed E-state index contributed by atoms with van der Waals surface area (Å²) in [6.45, 7) is 2.01. The first-order valence-electron chi connectivity index (χ1n) is 5.29. The van der Waals surface area contributed by atoms with E-state index in [1.165, 1.54) is 25.0 Å². The summed E-state index contributed by atoms with van der Waals surface area (Å²) in [5.74, 6) is 0. The van der Waals surface area contributed by atoms with Crippen molar-refractivity contribution in [3.63, 3.8) is 0 Å². The van der Waals surface area contributed by atoms with Crippen molar-refractivity contribution in [2.75, 3.05) is 13.1 Å². The zero-order valence-corrected chi connectivity index (χ0v) is 8.87. The van der Waals surface area contributed by atoms with Crippen molar-refractivity contribution < 1.29 is 4.92 Å². The van der Waals surface area contributed by atoms with Gasteiger partial charge in [0.15, 0.2) is 0 Å². The summed E-state index contributed by atoms with van der Waals surface area (Å²) >= 11 is 0. The van der Waals surface area contributed by atoms with E-state index >= 15 is 0 Å². The van der Waals surface area contributed by atoms with Gasteiger partial charge in [-0.1, -0.05) is 0 Å². The number of nitro groups is 1. The summed E-state index contributed by atoms with van der Waals surface area (Å²) in [4.78, 5) is 10.0. The molecule has 0 spiro atoms. The van der Waals surface area contributed by atoms with E-state index in [2.05, 4.69) is 5.10 Å². The largest absolute Gasteiger partial charge is 0.297 e. The van der Waals surface area contributed by atoms with Gasteiger partial charge in [-0.05, 0) is 30.5 Å². The van der Waals surface area contributed by atoms with Crippen LogP contribution >= 0.6 is 0 Å². The minimum Gasteiger partial charge on any atom is -0.297 e. The van der Waals surface area contributed by atoms with E-state index in [1.807, 2.05) is 5.01 Å². The molecule has 1 fully saturated rings. The molecular weight excluding hydrogens is 206 g/mol. The number of hydrogen-bond donors (Lipinski definition) is 0. The summed E-state index contributed by atoms with van der Waals surface area (Å²) in [5, 5.41) is 16.8. The molecule has 1 aliphatic rings. The van der Waals surface area contributed by atoms with Gasteiger partial charge in [0, 0.05) is 25.2 Å². The molecule has 1 aromatic rings. The molecule has 1 heterocycles. The molecule has 0 aliphatic carbocycles. The smallest absolute Gasteiger partial charge is 0.269 e. The number of rotatable bonds is 3. The van der Waals surface area contributed by atoms with E-state index < -0.39 is 4.92 Å². The maximum atomic E-state index is 10.4. The van der Waals surface area contributed by atoms with Crippen LogP contribution in [0.25, 0.3) is 0 Å². The molecular formula is C11H13N3O2. The zero-order chi connectivity index (χ0) is 11.4. The quantitative estimate of drug-likeness (QED) is 0.444. The number of non-ortho nitro benzene ring substituents is 1. The minimum atomic E-state index is -0.401. The summed E-state index contributed by atoms with van der Waals surface area (Å²) in [6.07, 6.45) is 4.13. The second-order valence-corrected chi connectivity index (χ2v) is 3.75. The SMILES string of the molecule is O=[N+]([O-])c1ccc(/C=N/N2CCCC2)cc1. The van der Waals surface area contributed by atoms with Gasteiger partial charge in [-0.15, -0.1) is 0 Å². The summed E-state index contributed by atoms with van der Waals surface area (Å²) in [7, 11) is 0. The Morgan fingerprint density at radius 1 is 1.25 bits per heavy atom.